The fourth-order valence-electron chi connectivity index (χ4n) is 3.16. The molecule has 9 heteroatoms. The lowest BCUT2D eigenvalue weighted by Gasteiger charge is -2.24. The summed E-state index contributed by atoms with van der Waals surface area (Å²) in [4.78, 5) is 16.2. The van der Waals surface area contributed by atoms with Gasteiger partial charge in [-0.15, -0.1) is 24.0 Å². The second-order valence-corrected chi connectivity index (χ2v) is 7.54. The number of halogens is 1. The number of guanidine groups is 1. The number of aryl methyl sites for hydroxylation is 2. The molecule has 178 valence electrons. The summed E-state index contributed by atoms with van der Waals surface area (Å²) in [6, 6.07) is 9.34. The van der Waals surface area contributed by atoms with Crippen molar-refractivity contribution in [2.45, 2.75) is 46.8 Å². The minimum Gasteiger partial charge on any atom is -0.484 e. The van der Waals surface area contributed by atoms with E-state index in [0.29, 0.717) is 37.1 Å². The number of aliphatic hydroxyl groups is 1. The van der Waals surface area contributed by atoms with Crippen LogP contribution >= 0.6 is 24.0 Å². The number of carbonyl (C=O) groups is 1. The summed E-state index contributed by atoms with van der Waals surface area (Å²) < 4.78 is 11.1. The molecule has 0 radical (unpaired) electrons. The summed E-state index contributed by atoms with van der Waals surface area (Å²) in [5, 5.41) is 20.0. The fourth-order valence-corrected chi connectivity index (χ4v) is 3.16. The summed E-state index contributed by atoms with van der Waals surface area (Å²) in [7, 11) is 0. The lowest BCUT2D eigenvalue weighted by Crippen LogP contribution is -2.44. The maximum atomic E-state index is 11.6. The topological polar surface area (TPSA) is 108 Å². The molecule has 0 saturated heterocycles. The largest absolute Gasteiger partial charge is 0.484 e. The van der Waals surface area contributed by atoms with Gasteiger partial charge in [-0.1, -0.05) is 12.1 Å². The van der Waals surface area contributed by atoms with E-state index in [1.807, 2.05) is 58.0 Å². The van der Waals surface area contributed by atoms with Crippen molar-refractivity contribution >= 4 is 35.8 Å². The number of hydrogen-bond donors (Lipinski definition) is 4. The van der Waals surface area contributed by atoms with Crippen LogP contribution in [0.2, 0.25) is 0 Å². The molecule has 0 spiro atoms. The van der Waals surface area contributed by atoms with Crippen molar-refractivity contribution in [3.05, 3.63) is 53.0 Å². The average molecular weight is 558 g/mol. The van der Waals surface area contributed by atoms with Crippen molar-refractivity contribution in [1.29, 1.82) is 0 Å². The summed E-state index contributed by atoms with van der Waals surface area (Å²) in [5.74, 6) is 2.53. The van der Waals surface area contributed by atoms with E-state index in [1.165, 1.54) is 0 Å². The van der Waals surface area contributed by atoms with Crippen LogP contribution in [0.15, 0.2) is 39.7 Å². The van der Waals surface area contributed by atoms with Crippen molar-refractivity contribution in [2.24, 2.45) is 4.99 Å². The normalized spacial score (nSPS) is 13.0. The first kappa shape index (κ1) is 27.8. The molecule has 0 saturated carbocycles. The first-order valence-electron chi connectivity index (χ1n) is 10.6. The Hall–Kier alpha value is -2.27. The van der Waals surface area contributed by atoms with Crippen LogP contribution in [-0.2, 0) is 16.9 Å². The van der Waals surface area contributed by atoms with Crippen LogP contribution in [-0.4, -0.2) is 43.2 Å². The number of nitrogens with one attached hydrogen (secondary N) is 3. The van der Waals surface area contributed by atoms with E-state index in [4.69, 9.17) is 9.15 Å². The number of likely N-dealkylation sites (N-methyl/N-ethyl adjacent to an activating group) is 1. The highest BCUT2D eigenvalue weighted by Gasteiger charge is 2.27. The minimum atomic E-state index is -1.11. The Morgan fingerprint density at radius 3 is 2.50 bits per heavy atom. The lowest BCUT2D eigenvalue weighted by atomic mass is 9.96. The first-order chi connectivity index (χ1) is 14.7. The van der Waals surface area contributed by atoms with E-state index in [9.17, 15) is 9.90 Å². The summed E-state index contributed by atoms with van der Waals surface area (Å²) in [5.41, 5.74) is 0.592. The van der Waals surface area contributed by atoms with E-state index in [1.54, 1.807) is 6.92 Å². The van der Waals surface area contributed by atoms with Crippen molar-refractivity contribution in [3.63, 3.8) is 0 Å². The molecule has 0 aliphatic heterocycles. The zero-order valence-electron chi connectivity index (χ0n) is 19.4. The van der Waals surface area contributed by atoms with Gasteiger partial charge in [0, 0.05) is 18.7 Å². The van der Waals surface area contributed by atoms with Crippen molar-refractivity contribution in [3.8, 4) is 5.75 Å². The van der Waals surface area contributed by atoms with Crippen molar-refractivity contribution < 1.29 is 19.1 Å². The maximum Gasteiger partial charge on any atom is 0.257 e. The van der Waals surface area contributed by atoms with Gasteiger partial charge in [-0.2, -0.15) is 0 Å². The Morgan fingerprint density at radius 2 is 1.88 bits per heavy atom. The van der Waals surface area contributed by atoms with Crippen LogP contribution in [0, 0.1) is 13.8 Å². The van der Waals surface area contributed by atoms with Crippen LogP contribution in [0.4, 0.5) is 0 Å². The smallest absolute Gasteiger partial charge is 0.257 e. The van der Waals surface area contributed by atoms with Gasteiger partial charge in [-0.25, -0.2) is 4.99 Å². The molecule has 4 N–H and O–H groups in total. The van der Waals surface area contributed by atoms with Crippen LogP contribution in [0.1, 0.15) is 43.4 Å². The predicted octanol–water partition coefficient (Wildman–Crippen LogP) is 2.99. The van der Waals surface area contributed by atoms with E-state index in [2.05, 4.69) is 20.9 Å². The predicted molar refractivity (Wildman–Crippen MR) is 137 cm³/mol. The Labute approximate surface area is 207 Å². The summed E-state index contributed by atoms with van der Waals surface area (Å²) >= 11 is 0. The van der Waals surface area contributed by atoms with E-state index >= 15 is 0 Å². The molecular weight excluding hydrogens is 523 g/mol. The highest BCUT2D eigenvalue weighted by molar-refractivity contribution is 14.0. The number of hydrogen-bond acceptors (Lipinski definition) is 5. The molecule has 0 aliphatic rings. The van der Waals surface area contributed by atoms with Gasteiger partial charge < -0.3 is 30.2 Å². The number of aliphatic imine (C=N–C) groups is 1. The van der Waals surface area contributed by atoms with E-state index in [0.717, 1.165) is 16.9 Å². The van der Waals surface area contributed by atoms with Gasteiger partial charge in [0.25, 0.3) is 5.91 Å². The van der Waals surface area contributed by atoms with Gasteiger partial charge >= 0.3 is 0 Å². The van der Waals surface area contributed by atoms with Crippen molar-refractivity contribution in [1.82, 2.24) is 16.0 Å². The van der Waals surface area contributed by atoms with Gasteiger partial charge in [-0.05, 0) is 58.4 Å². The molecule has 1 amide bonds. The maximum absolute atomic E-state index is 11.6. The Balaban J connectivity index is 0.00000512. The molecule has 2 aromatic rings. The highest BCUT2D eigenvalue weighted by Crippen LogP contribution is 2.26. The molecule has 1 atom stereocenters. The molecule has 1 aromatic heterocycles. The highest BCUT2D eigenvalue weighted by atomic mass is 127. The Bertz CT molecular complexity index is 896. The number of carbonyl (C=O) groups excluding carboxylic acids is 1. The lowest BCUT2D eigenvalue weighted by molar-refractivity contribution is -0.122. The van der Waals surface area contributed by atoms with Crippen molar-refractivity contribution in [2.75, 3.05) is 26.2 Å². The number of benzene rings is 1. The standard InChI is InChI=1S/C23H34N4O4.HI/c1-6-24-21(28)14-30-19-10-8-9-18(12-19)13-26-22(25-7-2)27-15-23(5,29)20-11-16(3)31-17(20)4;/h8-12,29H,6-7,13-15H2,1-5H3,(H,24,28)(H2,25,26,27);1H. The second kappa shape index (κ2) is 13.3. The second-order valence-electron chi connectivity index (χ2n) is 7.54. The summed E-state index contributed by atoms with van der Waals surface area (Å²) in [6.45, 7) is 11.2. The molecular formula is C23H35IN4O4. The zero-order chi connectivity index (χ0) is 22.9. The molecule has 0 bridgehead atoms. The van der Waals surface area contributed by atoms with Crippen LogP contribution in [0.3, 0.4) is 0 Å². The molecule has 0 fully saturated rings. The third-order valence-electron chi connectivity index (χ3n) is 4.63. The van der Waals surface area contributed by atoms with Crippen LogP contribution < -0.4 is 20.7 Å². The third-order valence-corrected chi connectivity index (χ3v) is 4.63. The van der Waals surface area contributed by atoms with Gasteiger partial charge in [-0.3, -0.25) is 4.79 Å². The van der Waals surface area contributed by atoms with Gasteiger partial charge in [0.05, 0.1) is 13.1 Å². The molecule has 1 aromatic carbocycles. The molecule has 1 heterocycles. The minimum absolute atomic E-state index is 0. The first-order valence-corrected chi connectivity index (χ1v) is 10.6. The Morgan fingerprint density at radius 1 is 1.16 bits per heavy atom. The van der Waals surface area contributed by atoms with E-state index < -0.39 is 5.60 Å². The number of rotatable bonds is 10. The molecule has 32 heavy (non-hydrogen) atoms. The van der Waals surface area contributed by atoms with E-state index in [-0.39, 0.29) is 43.0 Å². The number of nitrogens with zero attached hydrogens (tertiary/aromatic N) is 1. The summed E-state index contributed by atoms with van der Waals surface area (Å²) in [6.07, 6.45) is 0. The fraction of sp³-hybridized carbons (Fsp3) is 0.478. The average Bonchev–Trinajstić information content (AvgIpc) is 3.08. The van der Waals surface area contributed by atoms with Gasteiger partial charge in [0.15, 0.2) is 12.6 Å². The molecule has 2 rings (SSSR count). The molecule has 8 nitrogen and oxygen atoms in total. The zero-order valence-corrected chi connectivity index (χ0v) is 21.8. The van der Waals surface area contributed by atoms with Gasteiger partial charge in [0.1, 0.15) is 22.9 Å². The molecule has 0 aliphatic carbocycles. The number of ether oxygens (including phenoxy) is 1. The quantitative estimate of drug-likeness (QED) is 0.203. The Kier molecular flexibility index (Phi) is 11.6. The number of furan rings is 1. The SMILES string of the molecule is CCNC(=O)COc1cccc(CN=C(NCC)NCC(C)(O)c2cc(C)oc2C)c1.I. The van der Waals surface area contributed by atoms with Gasteiger partial charge in [0.2, 0.25) is 0 Å². The molecule has 1 unspecified atom stereocenters. The third kappa shape index (κ3) is 8.70. The van der Waals surface area contributed by atoms with Crippen LogP contribution in [0.25, 0.3) is 0 Å². The monoisotopic (exact) mass is 558 g/mol. The van der Waals surface area contributed by atoms with Crippen LogP contribution in [0.5, 0.6) is 5.75 Å². The number of amides is 1.